The van der Waals surface area contributed by atoms with Gasteiger partial charge in [-0.25, -0.2) is 9.97 Å². The highest BCUT2D eigenvalue weighted by Gasteiger charge is 2.26. The summed E-state index contributed by atoms with van der Waals surface area (Å²) < 4.78 is 0. The van der Waals surface area contributed by atoms with Crippen molar-refractivity contribution in [3.05, 3.63) is 93.9 Å². The van der Waals surface area contributed by atoms with Crippen molar-refractivity contribution < 1.29 is 19.5 Å². The van der Waals surface area contributed by atoms with E-state index in [1.54, 1.807) is 6.07 Å². The minimum Gasteiger partial charge on any atom is -0.480 e. The van der Waals surface area contributed by atoms with Gasteiger partial charge in [-0.05, 0) is 53.5 Å². The van der Waals surface area contributed by atoms with Crippen LogP contribution in [0.5, 0.6) is 0 Å². The molecule has 2 amide bonds. The molecule has 8 nitrogen and oxygen atoms in total. The van der Waals surface area contributed by atoms with Crippen LogP contribution in [0.4, 0.5) is 0 Å². The molecule has 0 unspecified atom stereocenters. The van der Waals surface area contributed by atoms with E-state index in [0.29, 0.717) is 16.6 Å². The van der Waals surface area contributed by atoms with E-state index in [1.165, 1.54) is 23.8 Å². The minimum absolute atomic E-state index is 0.110. The zero-order valence-corrected chi connectivity index (χ0v) is 26.9. The number of carboxylic acids is 1. The van der Waals surface area contributed by atoms with Crippen molar-refractivity contribution in [3.63, 3.8) is 0 Å². The van der Waals surface area contributed by atoms with Crippen LogP contribution in [0.2, 0.25) is 0 Å². The van der Waals surface area contributed by atoms with Crippen molar-refractivity contribution in [1.82, 2.24) is 20.6 Å². The van der Waals surface area contributed by atoms with Crippen LogP contribution in [-0.2, 0) is 27.8 Å². The summed E-state index contributed by atoms with van der Waals surface area (Å²) in [5.74, 6) is -0.934. The quantitative estimate of drug-likeness (QED) is 0.183. The van der Waals surface area contributed by atoms with Crippen LogP contribution in [0.15, 0.2) is 73.1 Å². The Morgan fingerprint density at radius 1 is 0.773 bits per heavy atom. The number of hydrogen-bond donors (Lipinski definition) is 3. The summed E-state index contributed by atoms with van der Waals surface area (Å²) in [6, 6.07) is 17.5. The highest BCUT2D eigenvalue weighted by molar-refractivity contribution is 7.14. The molecule has 2 atom stereocenters. The van der Waals surface area contributed by atoms with Gasteiger partial charge in [0.2, 0.25) is 5.91 Å². The first-order valence-electron chi connectivity index (χ1n) is 14.7. The zero-order chi connectivity index (χ0) is 32.0. The average Bonchev–Trinajstić information content (AvgIpc) is 3.49. The van der Waals surface area contributed by atoms with E-state index in [4.69, 9.17) is 0 Å². The third-order valence-corrected chi connectivity index (χ3v) is 8.66. The highest BCUT2D eigenvalue weighted by Crippen LogP contribution is 2.29. The van der Waals surface area contributed by atoms with Crippen LogP contribution in [0, 0.1) is 5.92 Å². The van der Waals surface area contributed by atoms with Gasteiger partial charge in [0.15, 0.2) is 5.82 Å². The van der Waals surface area contributed by atoms with Gasteiger partial charge in [0, 0.05) is 34.8 Å². The molecule has 0 fully saturated rings. The Labute approximate surface area is 263 Å². The maximum Gasteiger partial charge on any atom is 0.325 e. The first-order chi connectivity index (χ1) is 20.8. The van der Waals surface area contributed by atoms with Crippen LogP contribution >= 0.6 is 11.3 Å². The fourth-order valence-electron chi connectivity index (χ4n) is 4.63. The first kappa shape index (κ1) is 32.5. The number of aliphatic carboxylic acids is 1. The molecule has 0 saturated carbocycles. The summed E-state index contributed by atoms with van der Waals surface area (Å²) in [4.78, 5) is 48.3. The Bertz CT molecular complexity index is 1590. The maximum atomic E-state index is 13.1. The van der Waals surface area contributed by atoms with Gasteiger partial charge in [-0.2, -0.15) is 0 Å². The Kier molecular flexibility index (Phi) is 10.3. The van der Waals surface area contributed by atoms with Gasteiger partial charge in [-0.3, -0.25) is 14.4 Å². The molecular weight excluding hydrogens is 572 g/mol. The Hall–Kier alpha value is -4.37. The second kappa shape index (κ2) is 13.9. The summed E-state index contributed by atoms with van der Waals surface area (Å²) >= 11 is 1.38. The van der Waals surface area contributed by atoms with E-state index in [0.717, 1.165) is 33.6 Å². The lowest BCUT2D eigenvalue weighted by Gasteiger charge is -2.20. The van der Waals surface area contributed by atoms with Gasteiger partial charge in [0.05, 0.1) is 4.88 Å². The number of benzene rings is 2. The maximum absolute atomic E-state index is 13.1. The lowest BCUT2D eigenvalue weighted by molar-refractivity contribution is -0.141. The van der Waals surface area contributed by atoms with E-state index >= 15 is 0 Å². The largest absolute Gasteiger partial charge is 0.480 e. The van der Waals surface area contributed by atoms with E-state index in [1.807, 2.05) is 42.7 Å². The molecule has 0 radical (unpaired) electrons. The van der Waals surface area contributed by atoms with Crippen molar-refractivity contribution in [2.75, 3.05) is 0 Å². The molecule has 0 aliphatic rings. The SMILES string of the molecule is CC(C)Cc1ccc(-c2cnc(-c3ccc(C[C@H](NC(=O)c4ccc(C(C)(C)C)s4)C(=O)N[C@H](C)C(=O)O)cc3)nc2)cc1. The van der Waals surface area contributed by atoms with Gasteiger partial charge in [0.25, 0.3) is 5.91 Å². The third kappa shape index (κ3) is 8.60. The molecule has 0 aliphatic heterocycles. The molecule has 3 N–H and O–H groups in total. The van der Waals surface area contributed by atoms with E-state index in [2.05, 4.69) is 79.5 Å². The van der Waals surface area contributed by atoms with Crippen molar-refractivity contribution in [2.24, 2.45) is 5.92 Å². The fourth-order valence-corrected chi connectivity index (χ4v) is 5.60. The standard InChI is InChI=1S/C35H40N4O4S/c1-21(2)17-23-7-11-25(12-8-23)27-19-36-31(37-20-27)26-13-9-24(10-14-26)18-28(32(40)38-22(3)34(42)43)39-33(41)29-15-16-30(44-29)35(4,5)6/h7-16,19-22,28H,17-18H2,1-6H3,(H,38,40)(H,39,41)(H,42,43)/t22-,28+/m1/s1. The topological polar surface area (TPSA) is 121 Å². The van der Waals surface area contributed by atoms with Crippen LogP contribution in [0.25, 0.3) is 22.5 Å². The van der Waals surface area contributed by atoms with Gasteiger partial charge < -0.3 is 15.7 Å². The second-order valence-corrected chi connectivity index (χ2v) is 13.6. The van der Waals surface area contributed by atoms with Crippen molar-refractivity contribution >= 4 is 29.1 Å². The number of thiophene rings is 1. The van der Waals surface area contributed by atoms with Crippen LogP contribution in [0.3, 0.4) is 0 Å². The average molecular weight is 613 g/mol. The predicted octanol–water partition coefficient (Wildman–Crippen LogP) is 6.30. The predicted molar refractivity (Wildman–Crippen MR) is 175 cm³/mol. The van der Waals surface area contributed by atoms with Gasteiger partial charge in [0.1, 0.15) is 12.1 Å². The lowest BCUT2D eigenvalue weighted by Crippen LogP contribution is -2.51. The number of hydrogen-bond acceptors (Lipinski definition) is 6. The smallest absolute Gasteiger partial charge is 0.325 e. The molecule has 0 bridgehead atoms. The molecule has 0 aliphatic carbocycles. The van der Waals surface area contributed by atoms with Crippen LogP contribution in [-0.4, -0.2) is 44.9 Å². The number of aromatic nitrogens is 2. The molecule has 230 valence electrons. The minimum atomic E-state index is -1.16. The van der Waals surface area contributed by atoms with Gasteiger partial charge in [-0.15, -0.1) is 11.3 Å². The van der Waals surface area contributed by atoms with E-state index < -0.39 is 24.0 Å². The van der Waals surface area contributed by atoms with Crippen molar-refractivity contribution in [1.29, 1.82) is 0 Å². The Morgan fingerprint density at radius 3 is 1.86 bits per heavy atom. The molecule has 2 heterocycles. The van der Waals surface area contributed by atoms with Crippen LogP contribution < -0.4 is 10.6 Å². The molecule has 4 aromatic rings. The van der Waals surface area contributed by atoms with Gasteiger partial charge in [-0.1, -0.05) is 83.1 Å². The third-order valence-electron chi connectivity index (χ3n) is 7.16. The fraction of sp³-hybridized carbons (Fsp3) is 0.343. The van der Waals surface area contributed by atoms with Crippen molar-refractivity contribution in [2.45, 2.75) is 71.9 Å². The molecule has 2 aromatic heterocycles. The molecular formula is C35H40N4O4S. The van der Waals surface area contributed by atoms with Crippen molar-refractivity contribution in [3.8, 4) is 22.5 Å². The molecule has 2 aromatic carbocycles. The lowest BCUT2D eigenvalue weighted by atomic mass is 9.95. The number of carbonyl (C=O) groups is 3. The molecule has 0 spiro atoms. The number of nitrogens with zero attached hydrogens (tertiary/aromatic N) is 2. The first-order valence-corrected chi connectivity index (χ1v) is 15.6. The summed E-state index contributed by atoms with van der Waals surface area (Å²) in [5, 5.41) is 14.6. The second-order valence-electron chi connectivity index (χ2n) is 12.5. The summed E-state index contributed by atoms with van der Waals surface area (Å²) in [6.45, 7) is 12.0. The number of nitrogens with one attached hydrogen (secondary N) is 2. The summed E-state index contributed by atoms with van der Waals surface area (Å²) in [6.07, 6.45) is 4.83. The molecule has 0 saturated heterocycles. The monoisotopic (exact) mass is 612 g/mol. The molecule has 4 rings (SSSR count). The summed E-state index contributed by atoms with van der Waals surface area (Å²) in [7, 11) is 0. The number of amides is 2. The molecule has 9 heteroatoms. The highest BCUT2D eigenvalue weighted by atomic mass is 32.1. The van der Waals surface area contributed by atoms with E-state index in [9.17, 15) is 19.5 Å². The number of carbonyl (C=O) groups excluding carboxylic acids is 2. The van der Waals surface area contributed by atoms with Crippen LogP contribution in [0.1, 0.15) is 67.2 Å². The van der Waals surface area contributed by atoms with Gasteiger partial charge >= 0.3 is 5.97 Å². The number of rotatable bonds is 11. The summed E-state index contributed by atoms with van der Waals surface area (Å²) in [5.41, 5.74) is 4.78. The molecule has 44 heavy (non-hydrogen) atoms. The van der Waals surface area contributed by atoms with E-state index in [-0.39, 0.29) is 17.7 Å². The zero-order valence-electron chi connectivity index (χ0n) is 26.0. The Balaban J connectivity index is 1.47. The number of carboxylic acid groups (broad SMARTS) is 1. The Morgan fingerprint density at radius 2 is 1.34 bits per heavy atom. The normalized spacial score (nSPS) is 12.9.